The fraction of sp³-hybridized carbons (Fsp3) is 0.400. The zero-order valence-corrected chi connectivity index (χ0v) is 18.8. The maximum Gasteiger partial charge on any atom is 0.213 e. The second-order valence-electron chi connectivity index (χ2n) is 6.53. The number of benzene rings is 1. The number of guanidine groups is 1. The number of nitrogens with one attached hydrogen (secondary N) is 2. The van der Waals surface area contributed by atoms with Gasteiger partial charge in [0.15, 0.2) is 5.96 Å². The summed E-state index contributed by atoms with van der Waals surface area (Å²) in [5.41, 5.74) is 1.46. The van der Waals surface area contributed by atoms with Crippen LogP contribution in [0.1, 0.15) is 18.9 Å². The second-order valence-corrected chi connectivity index (χ2v) is 6.53. The first-order valence-electron chi connectivity index (χ1n) is 9.34. The van der Waals surface area contributed by atoms with Gasteiger partial charge in [-0.1, -0.05) is 0 Å². The molecule has 0 radical (unpaired) electrons. The van der Waals surface area contributed by atoms with Gasteiger partial charge in [-0.25, -0.2) is 13.8 Å². The molecule has 2 aromatic rings. The number of aromatic nitrogens is 1. The van der Waals surface area contributed by atoms with Crippen molar-refractivity contribution in [3.8, 4) is 5.88 Å². The average Bonchev–Trinajstić information content (AvgIpc) is 3.14. The molecule has 1 aromatic heterocycles. The molecule has 1 aromatic carbocycles. The Hall–Kier alpha value is -2.17. The van der Waals surface area contributed by atoms with Gasteiger partial charge in [0.25, 0.3) is 0 Å². The monoisotopic (exact) mass is 517 g/mol. The number of pyridine rings is 1. The van der Waals surface area contributed by atoms with E-state index >= 15 is 0 Å². The first-order valence-corrected chi connectivity index (χ1v) is 9.34. The van der Waals surface area contributed by atoms with E-state index in [0.29, 0.717) is 43.8 Å². The van der Waals surface area contributed by atoms with Crippen molar-refractivity contribution in [1.82, 2.24) is 15.6 Å². The number of hydrogen-bond acceptors (Lipinski definition) is 4. The number of aliphatic imine (C=N–C) groups is 1. The molecule has 1 aliphatic heterocycles. The standard InChI is InChI=1S/C20H25F2N5O.HI/c1-3-28-19-10-14(6-8-24-19)12-25-20(23-2)26-16-7-9-27(13-16)18-5-4-15(21)11-17(18)22;/h4-6,8,10-11,16H,3,7,9,12-13H2,1-2H3,(H2,23,25,26);1H. The quantitative estimate of drug-likeness (QED) is 0.350. The minimum absolute atomic E-state index is 0. The molecule has 0 spiro atoms. The summed E-state index contributed by atoms with van der Waals surface area (Å²) in [5, 5.41) is 6.63. The molecule has 2 N–H and O–H groups in total. The lowest BCUT2D eigenvalue weighted by atomic mass is 10.2. The van der Waals surface area contributed by atoms with Gasteiger partial charge in [-0.3, -0.25) is 4.99 Å². The predicted molar refractivity (Wildman–Crippen MR) is 121 cm³/mol. The third-order valence-electron chi connectivity index (χ3n) is 4.55. The number of ether oxygens (including phenoxy) is 1. The fourth-order valence-corrected chi connectivity index (χ4v) is 3.20. The molecular weight excluding hydrogens is 491 g/mol. The van der Waals surface area contributed by atoms with Gasteiger partial charge in [-0.2, -0.15) is 0 Å². The van der Waals surface area contributed by atoms with Crippen LogP contribution in [0.4, 0.5) is 14.5 Å². The van der Waals surface area contributed by atoms with E-state index in [9.17, 15) is 8.78 Å². The topological polar surface area (TPSA) is 61.8 Å². The Labute approximate surface area is 186 Å². The van der Waals surface area contributed by atoms with Crippen LogP contribution in [0.2, 0.25) is 0 Å². The van der Waals surface area contributed by atoms with Gasteiger partial charge in [0, 0.05) is 51.1 Å². The van der Waals surface area contributed by atoms with E-state index < -0.39 is 11.6 Å². The van der Waals surface area contributed by atoms with E-state index in [2.05, 4.69) is 20.6 Å². The van der Waals surface area contributed by atoms with Gasteiger partial charge < -0.3 is 20.3 Å². The third kappa shape index (κ3) is 6.41. The van der Waals surface area contributed by atoms with Gasteiger partial charge in [-0.15, -0.1) is 24.0 Å². The van der Waals surface area contributed by atoms with Crippen LogP contribution in [-0.4, -0.2) is 43.7 Å². The molecule has 0 aliphatic carbocycles. The summed E-state index contributed by atoms with van der Waals surface area (Å²) in [7, 11) is 1.71. The summed E-state index contributed by atoms with van der Waals surface area (Å²) < 4.78 is 32.5. The molecule has 0 bridgehead atoms. The smallest absolute Gasteiger partial charge is 0.213 e. The van der Waals surface area contributed by atoms with Crippen LogP contribution in [-0.2, 0) is 6.54 Å². The zero-order chi connectivity index (χ0) is 19.9. The lowest BCUT2D eigenvalue weighted by Crippen LogP contribution is -2.44. The van der Waals surface area contributed by atoms with Gasteiger partial charge in [-0.05, 0) is 37.1 Å². The highest BCUT2D eigenvalue weighted by Gasteiger charge is 2.25. The molecule has 158 valence electrons. The summed E-state index contributed by atoms with van der Waals surface area (Å²) in [4.78, 5) is 10.3. The summed E-state index contributed by atoms with van der Waals surface area (Å²) >= 11 is 0. The van der Waals surface area contributed by atoms with Crippen molar-refractivity contribution in [2.45, 2.75) is 25.9 Å². The highest BCUT2D eigenvalue weighted by Crippen LogP contribution is 2.24. The molecule has 29 heavy (non-hydrogen) atoms. The van der Waals surface area contributed by atoms with Gasteiger partial charge >= 0.3 is 0 Å². The average molecular weight is 517 g/mol. The largest absolute Gasteiger partial charge is 0.478 e. The van der Waals surface area contributed by atoms with E-state index in [1.807, 2.05) is 24.0 Å². The van der Waals surface area contributed by atoms with Crippen LogP contribution in [0, 0.1) is 11.6 Å². The minimum Gasteiger partial charge on any atom is -0.478 e. The van der Waals surface area contributed by atoms with Crippen molar-refractivity contribution < 1.29 is 13.5 Å². The van der Waals surface area contributed by atoms with Crippen LogP contribution >= 0.6 is 24.0 Å². The van der Waals surface area contributed by atoms with Gasteiger partial charge in [0.05, 0.1) is 12.3 Å². The fourth-order valence-electron chi connectivity index (χ4n) is 3.20. The Kier molecular flexibility index (Phi) is 8.87. The van der Waals surface area contributed by atoms with Gasteiger partial charge in [0.1, 0.15) is 11.6 Å². The van der Waals surface area contributed by atoms with Crippen LogP contribution < -0.4 is 20.3 Å². The number of nitrogens with zero attached hydrogens (tertiary/aromatic N) is 3. The number of halogens is 3. The Bertz CT molecular complexity index is 836. The minimum atomic E-state index is -0.566. The van der Waals surface area contributed by atoms with E-state index in [4.69, 9.17) is 4.74 Å². The molecule has 1 aliphatic rings. The molecular formula is C20H26F2IN5O. The van der Waals surface area contributed by atoms with Crippen molar-refractivity contribution in [3.63, 3.8) is 0 Å². The number of rotatable bonds is 6. The summed E-state index contributed by atoms with van der Waals surface area (Å²) in [6.45, 7) is 4.37. The van der Waals surface area contributed by atoms with Crippen LogP contribution in [0.3, 0.4) is 0 Å². The highest BCUT2D eigenvalue weighted by molar-refractivity contribution is 14.0. The first kappa shape index (κ1) is 23.1. The molecule has 9 heteroatoms. The SMILES string of the molecule is CCOc1cc(CNC(=NC)NC2CCN(c3ccc(F)cc3F)C2)ccn1.I. The number of anilines is 1. The molecule has 6 nitrogen and oxygen atoms in total. The lowest BCUT2D eigenvalue weighted by Gasteiger charge is -2.21. The Morgan fingerprint density at radius 2 is 2.14 bits per heavy atom. The lowest BCUT2D eigenvalue weighted by molar-refractivity contribution is 0.326. The molecule has 1 fully saturated rings. The van der Waals surface area contributed by atoms with E-state index in [1.54, 1.807) is 13.2 Å². The maximum atomic E-state index is 14.0. The second kappa shape index (κ2) is 11.1. The molecule has 1 saturated heterocycles. The Morgan fingerprint density at radius 3 is 2.86 bits per heavy atom. The van der Waals surface area contributed by atoms with Gasteiger partial charge in [0.2, 0.25) is 5.88 Å². The maximum absolute atomic E-state index is 14.0. The summed E-state index contributed by atoms with van der Waals surface area (Å²) in [5.74, 6) is 0.160. The van der Waals surface area contributed by atoms with Crippen molar-refractivity contribution in [1.29, 1.82) is 0 Å². The van der Waals surface area contributed by atoms with E-state index in [-0.39, 0.29) is 30.0 Å². The van der Waals surface area contributed by atoms with E-state index in [1.165, 1.54) is 12.1 Å². The molecule has 3 rings (SSSR count). The van der Waals surface area contributed by atoms with Crippen molar-refractivity contribution >= 4 is 35.6 Å². The number of hydrogen-bond donors (Lipinski definition) is 2. The van der Waals surface area contributed by atoms with E-state index in [0.717, 1.165) is 18.1 Å². The van der Waals surface area contributed by atoms with Crippen molar-refractivity contribution in [2.75, 3.05) is 31.6 Å². The zero-order valence-electron chi connectivity index (χ0n) is 16.5. The molecule has 1 atom stereocenters. The predicted octanol–water partition coefficient (Wildman–Crippen LogP) is 3.32. The highest BCUT2D eigenvalue weighted by atomic mass is 127. The van der Waals surface area contributed by atoms with Crippen LogP contribution in [0.5, 0.6) is 5.88 Å². The third-order valence-corrected chi connectivity index (χ3v) is 4.55. The Balaban J connectivity index is 0.00000300. The summed E-state index contributed by atoms with van der Waals surface area (Å²) in [6.07, 6.45) is 2.55. The molecule has 2 heterocycles. The molecule has 1 unspecified atom stereocenters. The molecule has 0 amide bonds. The first-order chi connectivity index (χ1) is 13.6. The van der Waals surface area contributed by atoms with Crippen molar-refractivity contribution in [3.05, 3.63) is 53.7 Å². The normalized spacial score (nSPS) is 16.3. The summed E-state index contributed by atoms with van der Waals surface area (Å²) in [6, 6.07) is 7.61. The van der Waals surface area contributed by atoms with Crippen LogP contribution in [0.25, 0.3) is 0 Å². The molecule has 0 saturated carbocycles. The van der Waals surface area contributed by atoms with Crippen LogP contribution in [0.15, 0.2) is 41.5 Å². The van der Waals surface area contributed by atoms with Crippen molar-refractivity contribution in [2.24, 2.45) is 4.99 Å². The Morgan fingerprint density at radius 1 is 1.31 bits per heavy atom.